The maximum absolute atomic E-state index is 12.8. The summed E-state index contributed by atoms with van der Waals surface area (Å²) in [6.45, 7) is 2.72. The fourth-order valence-electron chi connectivity index (χ4n) is 2.97. The fraction of sp³-hybridized carbons (Fsp3) is 0.222. The summed E-state index contributed by atoms with van der Waals surface area (Å²) in [7, 11) is 0. The summed E-state index contributed by atoms with van der Waals surface area (Å²) in [5.74, 6) is -0.0386. The molecular weight excluding hydrogens is 457 g/mol. The van der Waals surface area contributed by atoms with Crippen LogP contribution in [0, 0.1) is 0 Å². The average Bonchev–Trinajstić information content (AvgIpc) is 3.09. The van der Waals surface area contributed by atoms with Crippen molar-refractivity contribution < 1.29 is 4.79 Å². The highest BCUT2D eigenvalue weighted by Gasteiger charge is 2.25. The van der Waals surface area contributed by atoms with Gasteiger partial charge < -0.3 is 9.80 Å². The first-order valence-corrected chi connectivity index (χ1v) is 10.4. The number of halogens is 3. The Hall–Kier alpha value is -1.34. The van der Waals surface area contributed by atoms with Gasteiger partial charge in [-0.3, -0.25) is 4.79 Å². The molecule has 0 atom stereocenters. The fourth-order valence-corrected chi connectivity index (χ4v) is 4.85. The number of fused-ring (bicyclic) bond motifs is 1. The van der Waals surface area contributed by atoms with Gasteiger partial charge in [0.05, 0.1) is 20.3 Å². The molecule has 134 valence electrons. The highest BCUT2D eigenvalue weighted by Crippen LogP contribution is 2.33. The second kappa shape index (κ2) is 7.35. The minimum absolute atomic E-state index is 0.0386. The summed E-state index contributed by atoms with van der Waals surface area (Å²) in [4.78, 5) is 21.5. The van der Waals surface area contributed by atoms with Crippen molar-refractivity contribution in [1.82, 2.24) is 9.88 Å². The Balaban J connectivity index is 1.49. The molecule has 0 aliphatic carbocycles. The molecule has 26 heavy (non-hydrogen) atoms. The lowest BCUT2D eigenvalue weighted by molar-refractivity contribution is 0.0747. The number of carbonyl (C=O) groups excluding carboxylic acids is 1. The second-order valence-electron chi connectivity index (χ2n) is 5.99. The lowest BCUT2D eigenvalue weighted by atomic mass is 10.2. The molecule has 1 aliphatic rings. The summed E-state index contributed by atoms with van der Waals surface area (Å²) in [5.41, 5.74) is 1.37. The largest absolute Gasteiger partial charge is 0.345 e. The summed E-state index contributed by atoms with van der Waals surface area (Å²) >= 11 is 17.4. The molecule has 0 N–H and O–H groups in total. The van der Waals surface area contributed by atoms with Crippen molar-refractivity contribution in [2.75, 3.05) is 31.1 Å². The number of hydrogen-bond donors (Lipinski definition) is 0. The van der Waals surface area contributed by atoms with E-state index in [9.17, 15) is 4.79 Å². The number of rotatable bonds is 2. The molecule has 1 aromatic heterocycles. The normalized spacial score (nSPS) is 14.9. The molecule has 1 aliphatic heterocycles. The quantitative estimate of drug-likeness (QED) is 0.508. The van der Waals surface area contributed by atoms with Crippen LogP contribution in [-0.4, -0.2) is 42.0 Å². The third-order valence-electron chi connectivity index (χ3n) is 4.35. The Labute approximate surface area is 173 Å². The van der Waals surface area contributed by atoms with E-state index in [2.05, 4.69) is 25.8 Å². The van der Waals surface area contributed by atoms with Gasteiger partial charge in [0, 0.05) is 30.7 Å². The van der Waals surface area contributed by atoms with E-state index >= 15 is 0 Å². The molecule has 0 unspecified atom stereocenters. The predicted octanol–water partition coefficient (Wildman–Crippen LogP) is 5.33. The first-order chi connectivity index (χ1) is 12.5. The number of para-hydroxylation sites is 1. The molecule has 2 heterocycles. The molecule has 4 rings (SSSR count). The van der Waals surface area contributed by atoms with Crippen molar-refractivity contribution >= 4 is 71.7 Å². The van der Waals surface area contributed by atoms with Gasteiger partial charge in [-0.05, 0) is 30.3 Å². The second-order valence-corrected chi connectivity index (χ2v) is 8.73. The summed E-state index contributed by atoms with van der Waals surface area (Å²) in [5, 5.41) is 2.09. The topological polar surface area (TPSA) is 36.4 Å². The van der Waals surface area contributed by atoms with Crippen LogP contribution in [0.2, 0.25) is 10.0 Å². The number of thiazole rings is 1. The summed E-state index contributed by atoms with van der Waals surface area (Å²) < 4.78 is 1.92. The molecule has 0 radical (unpaired) electrons. The molecule has 4 nitrogen and oxygen atoms in total. The molecule has 1 amide bonds. The van der Waals surface area contributed by atoms with E-state index in [4.69, 9.17) is 23.2 Å². The first kappa shape index (κ1) is 18.0. The van der Waals surface area contributed by atoms with Crippen LogP contribution < -0.4 is 4.90 Å². The van der Waals surface area contributed by atoms with Gasteiger partial charge in [-0.25, -0.2) is 4.98 Å². The third kappa shape index (κ3) is 3.43. The number of aromatic nitrogens is 1. The minimum atomic E-state index is -0.0386. The molecular formula is C18H14BrCl2N3OS. The van der Waals surface area contributed by atoms with E-state index < -0.39 is 0 Å². The average molecular weight is 471 g/mol. The lowest BCUT2D eigenvalue weighted by Crippen LogP contribution is -2.48. The number of nitrogens with zero attached hydrogens (tertiary/aromatic N) is 3. The minimum Gasteiger partial charge on any atom is -0.345 e. The van der Waals surface area contributed by atoms with Crippen molar-refractivity contribution in [3.8, 4) is 0 Å². The van der Waals surface area contributed by atoms with Crippen LogP contribution in [0.3, 0.4) is 0 Å². The van der Waals surface area contributed by atoms with Gasteiger partial charge in [-0.2, -0.15) is 0 Å². The highest BCUT2D eigenvalue weighted by molar-refractivity contribution is 9.10. The smallest absolute Gasteiger partial charge is 0.255 e. The molecule has 0 saturated carbocycles. The number of anilines is 1. The molecule has 3 aromatic rings. The number of carbonyl (C=O) groups is 1. The monoisotopic (exact) mass is 469 g/mol. The van der Waals surface area contributed by atoms with Gasteiger partial charge in [-0.15, -0.1) is 0 Å². The van der Waals surface area contributed by atoms with Crippen LogP contribution in [0.1, 0.15) is 10.4 Å². The van der Waals surface area contributed by atoms with Gasteiger partial charge in [0.1, 0.15) is 5.52 Å². The van der Waals surface area contributed by atoms with Crippen LogP contribution in [0.15, 0.2) is 40.9 Å². The maximum Gasteiger partial charge on any atom is 0.255 e. The van der Waals surface area contributed by atoms with E-state index in [1.807, 2.05) is 29.2 Å². The SMILES string of the molecule is O=C(c1cc(Br)ccc1Cl)N1CCN(c2nc3c(Cl)cccc3s2)CC1. The third-order valence-corrected chi connectivity index (χ3v) is 6.56. The number of piperazine rings is 1. The number of hydrogen-bond acceptors (Lipinski definition) is 4. The van der Waals surface area contributed by atoms with Gasteiger partial charge in [0.25, 0.3) is 5.91 Å². The molecule has 2 aromatic carbocycles. The van der Waals surface area contributed by atoms with Crippen LogP contribution in [0.5, 0.6) is 0 Å². The van der Waals surface area contributed by atoms with Crippen molar-refractivity contribution in [3.63, 3.8) is 0 Å². The molecule has 1 saturated heterocycles. The Bertz CT molecular complexity index is 986. The van der Waals surface area contributed by atoms with Crippen molar-refractivity contribution in [1.29, 1.82) is 0 Å². The maximum atomic E-state index is 12.8. The van der Waals surface area contributed by atoms with Crippen molar-refractivity contribution in [2.24, 2.45) is 0 Å². The number of benzene rings is 2. The van der Waals surface area contributed by atoms with E-state index in [1.54, 1.807) is 23.5 Å². The zero-order valence-corrected chi connectivity index (χ0v) is 17.5. The highest BCUT2D eigenvalue weighted by atomic mass is 79.9. The molecule has 0 spiro atoms. The van der Waals surface area contributed by atoms with Crippen LogP contribution in [-0.2, 0) is 0 Å². The van der Waals surface area contributed by atoms with Gasteiger partial charge >= 0.3 is 0 Å². The Kier molecular flexibility index (Phi) is 5.10. The van der Waals surface area contributed by atoms with Gasteiger partial charge in [0.2, 0.25) is 0 Å². The Morgan fingerprint density at radius 2 is 1.85 bits per heavy atom. The van der Waals surface area contributed by atoms with Crippen molar-refractivity contribution in [3.05, 3.63) is 56.5 Å². The standard InChI is InChI=1S/C18H14BrCl2N3OS/c19-11-4-5-13(20)12(10-11)17(25)23-6-8-24(9-7-23)18-22-16-14(21)2-1-3-15(16)26-18/h1-5,10H,6-9H2. The van der Waals surface area contributed by atoms with Crippen LogP contribution in [0.25, 0.3) is 10.2 Å². The van der Waals surface area contributed by atoms with Crippen molar-refractivity contribution in [2.45, 2.75) is 0 Å². The first-order valence-electron chi connectivity index (χ1n) is 8.07. The lowest BCUT2D eigenvalue weighted by Gasteiger charge is -2.34. The van der Waals surface area contributed by atoms with E-state index in [0.717, 1.165) is 32.9 Å². The zero-order chi connectivity index (χ0) is 18.3. The zero-order valence-electron chi connectivity index (χ0n) is 13.6. The van der Waals surface area contributed by atoms with Crippen LogP contribution in [0.4, 0.5) is 5.13 Å². The summed E-state index contributed by atoms with van der Waals surface area (Å²) in [6.07, 6.45) is 0. The van der Waals surface area contributed by atoms with Crippen LogP contribution >= 0.6 is 50.5 Å². The molecule has 0 bridgehead atoms. The number of amides is 1. The molecule has 8 heteroatoms. The Morgan fingerprint density at radius 1 is 1.08 bits per heavy atom. The van der Waals surface area contributed by atoms with E-state index in [0.29, 0.717) is 28.7 Å². The van der Waals surface area contributed by atoms with Gasteiger partial charge in [0.15, 0.2) is 5.13 Å². The summed E-state index contributed by atoms with van der Waals surface area (Å²) in [6, 6.07) is 11.1. The Morgan fingerprint density at radius 3 is 2.58 bits per heavy atom. The molecule has 1 fully saturated rings. The van der Waals surface area contributed by atoms with Gasteiger partial charge in [-0.1, -0.05) is 56.5 Å². The van der Waals surface area contributed by atoms with E-state index in [-0.39, 0.29) is 5.91 Å². The van der Waals surface area contributed by atoms with E-state index in [1.165, 1.54) is 0 Å². The predicted molar refractivity (Wildman–Crippen MR) is 112 cm³/mol.